The van der Waals surface area contributed by atoms with E-state index >= 15 is 0 Å². The van der Waals surface area contributed by atoms with E-state index in [-0.39, 0.29) is 17.7 Å². The molecule has 1 amide bonds. The predicted octanol–water partition coefficient (Wildman–Crippen LogP) is 1.57. The van der Waals surface area contributed by atoms with Crippen LogP contribution in [-0.2, 0) is 20.4 Å². The molecule has 1 aromatic rings. The Morgan fingerprint density at radius 1 is 1.45 bits per heavy atom. The van der Waals surface area contributed by atoms with Crippen LogP contribution in [-0.4, -0.2) is 51.2 Å². The largest absolute Gasteiger partial charge is 0.338 e. The van der Waals surface area contributed by atoms with E-state index in [1.807, 2.05) is 13.1 Å². The molecule has 0 aromatic heterocycles. The van der Waals surface area contributed by atoms with Crippen LogP contribution in [0.1, 0.15) is 18.4 Å². The minimum atomic E-state index is -3.46. The molecular formula is C15H21BrN2O3S. The average molecular weight is 389 g/mol. The molecule has 1 saturated heterocycles. The molecule has 5 nitrogen and oxygen atoms in total. The molecule has 1 aliphatic heterocycles. The molecular weight excluding hydrogens is 368 g/mol. The highest BCUT2D eigenvalue weighted by molar-refractivity contribution is 9.10. The van der Waals surface area contributed by atoms with E-state index in [9.17, 15) is 13.2 Å². The number of carbonyl (C=O) groups excluding carboxylic acids is 1. The van der Waals surface area contributed by atoms with Gasteiger partial charge in [-0.2, -0.15) is 0 Å². The molecule has 1 atom stereocenters. The molecule has 1 aliphatic rings. The standard InChI is InChI=1S/C15H21BrN2O3S/c1-17-9-14-6-3-7-18(14)15(19)11-22(20,21)10-12-4-2-5-13(16)8-12/h2,4-5,8,14,17H,3,6-7,9-11H2,1H3. The van der Waals surface area contributed by atoms with Gasteiger partial charge in [0.05, 0.1) is 5.75 Å². The molecule has 0 aliphatic carbocycles. The van der Waals surface area contributed by atoms with E-state index in [1.54, 1.807) is 23.1 Å². The van der Waals surface area contributed by atoms with Crippen molar-refractivity contribution in [2.45, 2.75) is 24.6 Å². The fraction of sp³-hybridized carbons (Fsp3) is 0.533. The average Bonchev–Trinajstić information content (AvgIpc) is 2.86. The highest BCUT2D eigenvalue weighted by Gasteiger charge is 2.30. The zero-order valence-electron chi connectivity index (χ0n) is 12.6. The monoisotopic (exact) mass is 388 g/mol. The van der Waals surface area contributed by atoms with Gasteiger partial charge in [0.2, 0.25) is 5.91 Å². The van der Waals surface area contributed by atoms with Gasteiger partial charge >= 0.3 is 0 Å². The van der Waals surface area contributed by atoms with Crippen LogP contribution in [0.15, 0.2) is 28.7 Å². The Kier molecular flexibility index (Phi) is 6.00. The number of nitrogens with one attached hydrogen (secondary N) is 1. The molecule has 0 radical (unpaired) electrons. The van der Waals surface area contributed by atoms with Gasteiger partial charge in [0, 0.05) is 23.6 Å². The maximum absolute atomic E-state index is 12.3. The molecule has 1 N–H and O–H groups in total. The molecule has 1 aromatic carbocycles. The van der Waals surface area contributed by atoms with Crippen molar-refractivity contribution in [1.82, 2.24) is 10.2 Å². The third-order valence-corrected chi connectivity index (χ3v) is 5.71. The van der Waals surface area contributed by atoms with Crippen molar-refractivity contribution in [3.8, 4) is 0 Å². The SMILES string of the molecule is CNCC1CCCN1C(=O)CS(=O)(=O)Cc1cccc(Br)c1. The van der Waals surface area contributed by atoms with Crippen LogP contribution in [0.2, 0.25) is 0 Å². The molecule has 2 rings (SSSR count). The molecule has 22 heavy (non-hydrogen) atoms. The van der Waals surface area contributed by atoms with E-state index in [0.29, 0.717) is 18.7 Å². The number of carbonyl (C=O) groups is 1. The second-order valence-electron chi connectivity index (χ2n) is 5.60. The van der Waals surface area contributed by atoms with Crippen molar-refractivity contribution in [1.29, 1.82) is 0 Å². The second kappa shape index (κ2) is 7.57. The first-order chi connectivity index (χ1) is 10.4. The summed E-state index contributed by atoms with van der Waals surface area (Å²) in [6, 6.07) is 7.26. The van der Waals surface area contributed by atoms with E-state index in [0.717, 1.165) is 17.3 Å². The Morgan fingerprint density at radius 3 is 2.91 bits per heavy atom. The summed E-state index contributed by atoms with van der Waals surface area (Å²) in [5, 5.41) is 3.05. The van der Waals surface area contributed by atoms with Gasteiger partial charge in [-0.05, 0) is 37.6 Å². The fourth-order valence-electron chi connectivity index (χ4n) is 2.81. The molecule has 122 valence electrons. The van der Waals surface area contributed by atoms with Crippen molar-refractivity contribution < 1.29 is 13.2 Å². The van der Waals surface area contributed by atoms with Gasteiger partial charge in [0.25, 0.3) is 0 Å². The summed E-state index contributed by atoms with van der Waals surface area (Å²) in [5.74, 6) is -0.810. The molecule has 1 heterocycles. The Balaban J connectivity index is 2.00. The minimum Gasteiger partial charge on any atom is -0.338 e. The molecule has 0 spiro atoms. The van der Waals surface area contributed by atoms with E-state index in [2.05, 4.69) is 21.2 Å². The number of hydrogen-bond acceptors (Lipinski definition) is 4. The van der Waals surface area contributed by atoms with Crippen LogP contribution in [0, 0.1) is 0 Å². The summed E-state index contributed by atoms with van der Waals surface area (Å²) in [5.41, 5.74) is 0.690. The number of nitrogens with zero attached hydrogens (tertiary/aromatic N) is 1. The van der Waals surface area contributed by atoms with Crippen molar-refractivity contribution in [3.05, 3.63) is 34.3 Å². The maximum Gasteiger partial charge on any atom is 0.238 e. The summed E-state index contributed by atoms with van der Waals surface area (Å²) < 4.78 is 25.4. The third kappa shape index (κ3) is 4.79. The summed E-state index contributed by atoms with van der Waals surface area (Å²) in [7, 11) is -1.62. The second-order valence-corrected chi connectivity index (χ2v) is 8.58. The van der Waals surface area contributed by atoms with Crippen molar-refractivity contribution in [2.24, 2.45) is 0 Å². The smallest absolute Gasteiger partial charge is 0.238 e. The van der Waals surface area contributed by atoms with Crippen molar-refractivity contribution >= 4 is 31.7 Å². The topological polar surface area (TPSA) is 66.5 Å². The predicted molar refractivity (Wildman–Crippen MR) is 90.3 cm³/mol. The molecule has 1 fully saturated rings. The Hall–Kier alpha value is -0.920. The van der Waals surface area contributed by atoms with Gasteiger partial charge in [-0.25, -0.2) is 8.42 Å². The van der Waals surface area contributed by atoms with Crippen LogP contribution in [0.25, 0.3) is 0 Å². The highest BCUT2D eigenvalue weighted by Crippen LogP contribution is 2.19. The van der Waals surface area contributed by atoms with Crippen LogP contribution in [0.3, 0.4) is 0 Å². The zero-order chi connectivity index (χ0) is 16.2. The van der Waals surface area contributed by atoms with Crippen LogP contribution >= 0.6 is 15.9 Å². The Labute approximate surface area is 140 Å². The number of likely N-dealkylation sites (N-methyl/N-ethyl adjacent to an activating group) is 1. The Morgan fingerprint density at radius 2 is 2.23 bits per heavy atom. The lowest BCUT2D eigenvalue weighted by Gasteiger charge is -2.24. The summed E-state index contributed by atoms with van der Waals surface area (Å²) in [6.07, 6.45) is 1.86. The lowest BCUT2D eigenvalue weighted by molar-refractivity contribution is -0.129. The molecule has 0 bridgehead atoms. The first-order valence-electron chi connectivity index (χ1n) is 7.30. The van der Waals surface area contributed by atoms with Gasteiger partial charge in [-0.1, -0.05) is 28.1 Å². The minimum absolute atomic E-state index is 0.108. The number of halogens is 1. The molecule has 0 saturated carbocycles. The lowest BCUT2D eigenvalue weighted by atomic mass is 10.2. The third-order valence-electron chi connectivity index (χ3n) is 3.76. The van der Waals surface area contributed by atoms with Crippen molar-refractivity contribution in [2.75, 3.05) is 25.9 Å². The van der Waals surface area contributed by atoms with Gasteiger partial charge < -0.3 is 10.2 Å². The normalized spacial score (nSPS) is 18.6. The number of rotatable bonds is 6. The van der Waals surface area contributed by atoms with E-state index < -0.39 is 15.6 Å². The van der Waals surface area contributed by atoms with Crippen molar-refractivity contribution in [3.63, 3.8) is 0 Å². The fourth-order valence-corrected chi connectivity index (χ4v) is 4.59. The van der Waals surface area contributed by atoms with Gasteiger partial charge in [0.1, 0.15) is 5.75 Å². The molecule has 1 unspecified atom stereocenters. The Bertz CT molecular complexity index is 633. The van der Waals surface area contributed by atoms with E-state index in [4.69, 9.17) is 0 Å². The quantitative estimate of drug-likeness (QED) is 0.802. The van der Waals surface area contributed by atoms with Gasteiger partial charge in [-0.15, -0.1) is 0 Å². The number of likely N-dealkylation sites (tertiary alicyclic amines) is 1. The first-order valence-corrected chi connectivity index (χ1v) is 9.91. The van der Waals surface area contributed by atoms with Crippen LogP contribution in [0.4, 0.5) is 0 Å². The highest BCUT2D eigenvalue weighted by atomic mass is 79.9. The number of amides is 1. The van der Waals surface area contributed by atoms with Crippen LogP contribution in [0.5, 0.6) is 0 Å². The summed E-state index contributed by atoms with van der Waals surface area (Å²) >= 11 is 3.32. The first kappa shape index (κ1) is 17.4. The maximum atomic E-state index is 12.3. The van der Waals surface area contributed by atoms with Crippen LogP contribution < -0.4 is 5.32 Å². The number of sulfone groups is 1. The zero-order valence-corrected chi connectivity index (χ0v) is 15.0. The lowest BCUT2D eigenvalue weighted by Crippen LogP contribution is -2.43. The van der Waals surface area contributed by atoms with Gasteiger partial charge in [-0.3, -0.25) is 4.79 Å². The summed E-state index contributed by atoms with van der Waals surface area (Å²) in [6.45, 7) is 1.36. The number of benzene rings is 1. The molecule has 7 heteroatoms. The van der Waals surface area contributed by atoms with E-state index in [1.165, 1.54) is 0 Å². The number of hydrogen-bond donors (Lipinski definition) is 1. The van der Waals surface area contributed by atoms with Gasteiger partial charge in [0.15, 0.2) is 9.84 Å². The summed E-state index contributed by atoms with van der Waals surface area (Å²) in [4.78, 5) is 14.0.